The number of rotatable bonds is 6. The van der Waals surface area contributed by atoms with E-state index in [1.807, 2.05) is 12.2 Å². The van der Waals surface area contributed by atoms with Gasteiger partial charge in [-0.15, -0.1) is 6.58 Å². The lowest BCUT2D eigenvalue weighted by molar-refractivity contribution is -0.905. The minimum Gasteiger partial charge on any atom is -0.322 e. The Morgan fingerprint density at radius 1 is 1.42 bits per heavy atom. The molecule has 0 unspecified atom stereocenters. The van der Waals surface area contributed by atoms with E-state index in [1.165, 1.54) is 0 Å². The van der Waals surface area contributed by atoms with Gasteiger partial charge in [-0.25, -0.2) is 0 Å². The molecule has 0 rings (SSSR count). The molecule has 1 nitrogen and oxygen atoms in total. The highest BCUT2D eigenvalue weighted by Crippen LogP contribution is 2.12. The van der Waals surface area contributed by atoms with Crippen molar-refractivity contribution in [2.45, 2.75) is 12.5 Å². The lowest BCUT2D eigenvalue weighted by atomic mass is 10.1. The standard InChI is InChI=1S/C10H19BrN/c1-5-7-10(6-2)12(3,4)9-8-11/h5-6,10H,1-2,7-9H2,3-4H3/q+1/t10-/m1/s1. The Kier molecular flexibility index (Phi) is 5.51. The van der Waals surface area contributed by atoms with Crippen molar-refractivity contribution in [3.8, 4) is 0 Å². The predicted octanol–water partition coefficient (Wildman–Crippen LogP) is 2.59. The zero-order valence-corrected chi connectivity index (χ0v) is 9.68. The summed E-state index contributed by atoms with van der Waals surface area (Å²) < 4.78 is 0.973. The van der Waals surface area contributed by atoms with E-state index in [2.05, 4.69) is 43.2 Å². The molecule has 0 N–H and O–H groups in total. The summed E-state index contributed by atoms with van der Waals surface area (Å²) in [5.74, 6) is 0. The zero-order valence-electron chi connectivity index (χ0n) is 8.09. The maximum Gasteiger partial charge on any atom is 0.110 e. The summed E-state index contributed by atoms with van der Waals surface area (Å²) in [5, 5.41) is 1.03. The second-order valence-corrected chi connectivity index (χ2v) is 4.31. The highest BCUT2D eigenvalue weighted by molar-refractivity contribution is 9.09. The Balaban J connectivity index is 4.23. The highest BCUT2D eigenvalue weighted by atomic mass is 79.9. The van der Waals surface area contributed by atoms with Crippen LogP contribution in [0.1, 0.15) is 6.42 Å². The van der Waals surface area contributed by atoms with Gasteiger partial charge in [0.2, 0.25) is 0 Å². The van der Waals surface area contributed by atoms with Gasteiger partial charge in [-0.3, -0.25) is 0 Å². The van der Waals surface area contributed by atoms with Crippen LogP contribution in [0.2, 0.25) is 0 Å². The van der Waals surface area contributed by atoms with Crippen molar-refractivity contribution in [2.24, 2.45) is 0 Å². The van der Waals surface area contributed by atoms with Gasteiger partial charge in [0.05, 0.1) is 26.0 Å². The molecule has 2 heteroatoms. The summed E-state index contributed by atoms with van der Waals surface area (Å²) in [5.41, 5.74) is 0. The molecule has 0 radical (unpaired) electrons. The molecule has 70 valence electrons. The third kappa shape index (κ3) is 3.55. The third-order valence-corrected chi connectivity index (χ3v) is 2.59. The molecule has 0 saturated carbocycles. The summed E-state index contributed by atoms with van der Waals surface area (Å²) in [6, 6.07) is 0.486. The van der Waals surface area contributed by atoms with E-state index in [9.17, 15) is 0 Å². The fraction of sp³-hybridized carbons (Fsp3) is 0.600. The van der Waals surface area contributed by atoms with Gasteiger partial charge in [0.15, 0.2) is 0 Å². The van der Waals surface area contributed by atoms with Crippen LogP contribution in [0.5, 0.6) is 0 Å². The molecule has 0 fully saturated rings. The molecule has 0 saturated heterocycles. The monoisotopic (exact) mass is 232 g/mol. The quantitative estimate of drug-likeness (QED) is 0.376. The molecule has 0 heterocycles. The highest BCUT2D eigenvalue weighted by Gasteiger charge is 2.22. The Morgan fingerprint density at radius 3 is 2.33 bits per heavy atom. The van der Waals surface area contributed by atoms with Gasteiger partial charge in [0.25, 0.3) is 0 Å². The molecule has 0 aromatic heterocycles. The molecule has 0 aliphatic carbocycles. The molecule has 0 aliphatic rings. The number of hydrogen-bond acceptors (Lipinski definition) is 0. The molecule has 0 amide bonds. The van der Waals surface area contributed by atoms with Crippen LogP contribution in [0.3, 0.4) is 0 Å². The molecular formula is C10H19BrN+. The Hall–Kier alpha value is -0.0800. The van der Waals surface area contributed by atoms with Crippen molar-refractivity contribution >= 4 is 15.9 Å². The molecule has 1 atom stereocenters. The Morgan fingerprint density at radius 2 is 2.00 bits per heavy atom. The van der Waals surface area contributed by atoms with Gasteiger partial charge in [-0.2, -0.15) is 0 Å². The van der Waals surface area contributed by atoms with Crippen LogP contribution >= 0.6 is 15.9 Å². The number of likely N-dealkylation sites (N-methyl/N-ethyl adjacent to an activating group) is 1. The topological polar surface area (TPSA) is 0 Å². The van der Waals surface area contributed by atoms with Crippen molar-refractivity contribution in [1.29, 1.82) is 0 Å². The largest absolute Gasteiger partial charge is 0.322 e. The van der Waals surface area contributed by atoms with Crippen molar-refractivity contribution in [1.82, 2.24) is 0 Å². The summed E-state index contributed by atoms with van der Waals surface area (Å²) >= 11 is 3.46. The van der Waals surface area contributed by atoms with Gasteiger partial charge >= 0.3 is 0 Å². The van der Waals surface area contributed by atoms with Crippen LogP contribution in [-0.4, -0.2) is 36.5 Å². The number of nitrogens with zero attached hydrogens (tertiary/aromatic N) is 1. The van der Waals surface area contributed by atoms with Gasteiger partial charge in [-0.1, -0.05) is 28.6 Å². The summed E-state index contributed by atoms with van der Waals surface area (Å²) in [7, 11) is 4.44. The van der Waals surface area contributed by atoms with Gasteiger partial charge < -0.3 is 4.48 Å². The van der Waals surface area contributed by atoms with Gasteiger partial charge in [0, 0.05) is 6.42 Å². The Bertz CT molecular complexity index is 152. The normalized spacial score (nSPS) is 13.9. The molecular weight excluding hydrogens is 214 g/mol. The van der Waals surface area contributed by atoms with E-state index < -0.39 is 0 Å². The SMILES string of the molecule is C=CC[C@@H](C=C)[N+](C)(C)CCBr. The van der Waals surface area contributed by atoms with Gasteiger partial charge in [0.1, 0.15) is 6.04 Å². The molecule has 12 heavy (non-hydrogen) atoms. The second kappa shape index (κ2) is 5.55. The minimum absolute atomic E-state index is 0.486. The maximum atomic E-state index is 3.85. The maximum absolute atomic E-state index is 3.85. The lowest BCUT2D eigenvalue weighted by Crippen LogP contribution is -2.48. The van der Waals surface area contributed by atoms with E-state index in [0.717, 1.165) is 22.8 Å². The van der Waals surface area contributed by atoms with Crippen LogP contribution < -0.4 is 0 Å². The number of alkyl halides is 1. The van der Waals surface area contributed by atoms with E-state index in [-0.39, 0.29) is 0 Å². The van der Waals surface area contributed by atoms with Crippen LogP contribution in [0.15, 0.2) is 25.3 Å². The zero-order chi connectivity index (χ0) is 9.61. The number of hydrogen-bond donors (Lipinski definition) is 0. The number of quaternary nitrogens is 1. The van der Waals surface area contributed by atoms with Crippen LogP contribution in [0.25, 0.3) is 0 Å². The first-order chi connectivity index (χ1) is 5.58. The first-order valence-corrected chi connectivity index (χ1v) is 5.32. The second-order valence-electron chi connectivity index (χ2n) is 3.52. The van der Waals surface area contributed by atoms with Crippen LogP contribution in [-0.2, 0) is 0 Å². The van der Waals surface area contributed by atoms with E-state index in [4.69, 9.17) is 0 Å². The summed E-state index contributed by atoms with van der Waals surface area (Å²) in [6.07, 6.45) is 4.98. The van der Waals surface area contributed by atoms with Crippen LogP contribution in [0.4, 0.5) is 0 Å². The first kappa shape index (κ1) is 11.9. The fourth-order valence-electron chi connectivity index (χ4n) is 1.22. The minimum atomic E-state index is 0.486. The fourth-order valence-corrected chi connectivity index (χ4v) is 2.14. The number of halogens is 1. The summed E-state index contributed by atoms with van der Waals surface area (Å²) in [4.78, 5) is 0. The average Bonchev–Trinajstić information content (AvgIpc) is 1.99. The van der Waals surface area contributed by atoms with Crippen LogP contribution in [0, 0.1) is 0 Å². The lowest BCUT2D eigenvalue weighted by Gasteiger charge is -2.35. The van der Waals surface area contributed by atoms with E-state index >= 15 is 0 Å². The molecule has 0 aromatic carbocycles. The first-order valence-electron chi connectivity index (χ1n) is 4.20. The molecule has 0 bridgehead atoms. The molecule has 0 aromatic rings. The van der Waals surface area contributed by atoms with Crippen molar-refractivity contribution in [3.63, 3.8) is 0 Å². The summed E-state index contributed by atoms with van der Waals surface area (Å²) in [6.45, 7) is 8.72. The average molecular weight is 233 g/mol. The smallest absolute Gasteiger partial charge is 0.110 e. The van der Waals surface area contributed by atoms with Crippen molar-refractivity contribution in [2.75, 3.05) is 26.0 Å². The van der Waals surface area contributed by atoms with Crippen molar-refractivity contribution < 1.29 is 4.48 Å². The molecule has 0 spiro atoms. The third-order valence-electron chi connectivity index (χ3n) is 2.24. The molecule has 0 aliphatic heterocycles. The van der Waals surface area contributed by atoms with E-state index in [0.29, 0.717) is 6.04 Å². The predicted molar refractivity (Wildman–Crippen MR) is 59.6 cm³/mol. The Labute approximate surface area is 84.5 Å². The van der Waals surface area contributed by atoms with E-state index in [1.54, 1.807) is 0 Å². The van der Waals surface area contributed by atoms with Crippen molar-refractivity contribution in [3.05, 3.63) is 25.3 Å². The van der Waals surface area contributed by atoms with Gasteiger partial charge in [-0.05, 0) is 6.08 Å².